The van der Waals surface area contributed by atoms with E-state index in [0.717, 1.165) is 18.5 Å². The van der Waals surface area contributed by atoms with Crippen molar-refractivity contribution in [3.63, 3.8) is 0 Å². The van der Waals surface area contributed by atoms with E-state index in [1.807, 2.05) is 7.05 Å². The summed E-state index contributed by atoms with van der Waals surface area (Å²) in [7, 11) is -1.73. The number of nitrogens with zero attached hydrogens (tertiary/aromatic N) is 1. The summed E-state index contributed by atoms with van der Waals surface area (Å²) in [5, 5.41) is 5.17. The van der Waals surface area contributed by atoms with E-state index in [1.165, 1.54) is 25.3 Å². The number of nitrogens with two attached hydrogens (primary N) is 2. The zero-order chi connectivity index (χ0) is 14.0. The molecule has 1 aromatic rings. The van der Waals surface area contributed by atoms with Gasteiger partial charge in [0.15, 0.2) is 0 Å². The van der Waals surface area contributed by atoms with Crippen molar-refractivity contribution < 1.29 is 8.42 Å². The van der Waals surface area contributed by atoms with Crippen LogP contribution >= 0.6 is 0 Å². The van der Waals surface area contributed by atoms with Gasteiger partial charge in [-0.1, -0.05) is 19.3 Å². The van der Waals surface area contributed by atoms with Gasteiger partial charge in [0, 0.05) is 24.5 Å². The summed E-state index contributed by atoms with van der Waals surface area (Å²) in [6.45, 7) is 0. The van der Waals surface area contributed by atoms with Crippen LogP contribution in [0.4, 0.5) is 11.4 Å². The zero-order valence-electron chi connectivity index (χ0n) is 11.2. The Morgan fingerprint density at radius 3 is 2.37 bits per heavy atom. The Morgan fingerprint density at radius 2 is 1.79 bits per heavy atom. The summed E-state index contributed by atoms with van der Waals surface area (Å²) in [6.07, 6.45) is 5.99. The molecular weight excluding hydrogens is 262 g/mol. The summed E-state index contributed by atoms with van der Waals surface area (Å²) < 4.78 is 22.9. The second-order valence-electron chi connectivity index (χ2n) is 5.21. The van der Waals surface area contributed by atoms with Gasteiger partial charge >= 0.3 is 0 Å². The van der Waals surface area contributed by atoms with E-state index in [-0.39, 0.29) is 4.90 Å². The first-order valence-electron chi connectivity index (χ1n) is 6.54. The number of hydrogen-bond acceptors (Lipinski definition) is 4. The third-order valence-corrected chi connectivity index (χ3v) is 4.66. The number of primary sulfonamides is 1. The molecule has 1 saturated carbocycles. The van der Waals surface area contributed by atoms with Gasteiger partial charge in [0.05, 0.1) is 4.90 Å². The fraction of sp³-hybridized carbons (Fsp3) is 0.538. The number of rotatable bonds is 3. The molecule has 5 nitrogen and oxygen atoms in total. The monoisotopic (exact) mass is 283 g/mol. The van der Waals surface area contributed by atoms with Gasteiger partial charge in [0.2, 0.25) is 10.0 Å². The highest BCUT2D eigenvalue weighted by molar-refractivity contribution is 7.89. The molecule has 6 heteroatoms. The largest absolute Gasteiger partial charge is 0.399 e. The van der Waals surface area contributed by atoms with Crippen LogP contribution in [0.2, 0.25) is 0 Å². The van der Waals surface area contributed by atoms with Crippen molar-refractivity contribution in [1.29, 1.82) is 0 Å². The van der Waals surface area contributed by atoms with Gasteiger partial charge in [0.1, 0.15) is 0 Å². The highest BCUT2D eigenvalue weighted by Crippen LogP contribution is 2.29. The van der Waals surface area contributed by atoms with E-state index < -0.39 is 10.0 Å². The fourth-order valence-corrected chi connectivity index (χ4v) is 3.24. The van der Waals surface area contributed by atoms with Crippen molar-refractivity contribution in [2.45, 2.75) is 43.0 Å². The van der Waals surface area contributed by atoms with E-state index in [9.17, 15) is 8.42 Å². The normalized spacial score (nSPS) is 17.4. The smallest absolute Gasteiger partial charge is 0.238 e. The minimum atomic E-state index is -3.72. The molecule has 4 N–H and O–H groups in total. The van der Waals surface area contributed by atoms with Crippen LogP contribution in [-0.2, 0) is 10.0 Å². The first-order chi connectivity index (χ1) is 8.88. The number of anilines is 2. The predicted molar refractivity (Wildman–Crippen MR) is 77.5 cm³/mol. The van der Waals surface area contributed by atoms with Crippen LogP contribution in [0.5, 0.6) is 0 Å². The van der Waals surface area contributed by atoms with Gasteiger partial charge in [-0.25, -0.2) is 13.6 Å². The topological polar surface area (TPSA) is 89.4 Å². The third-order valence-electron chi connectivity index (χ3n) is 3.77. The summed E-state index contributed by atoms with van der Waals surface area (Å²) in [4.78, 5) is 2.19. The summed E-state index contributed by atoms with van der Waals surface area (Å²) >= 11 is 0. The molecule has 1 aliphatic rings. The average molecular weight is 283 g/mol. The molecule has 0 spiro atoms. The van der Waals surface area contributed by atoms with Crippen molar-refractivity contribution >= 4 is 21.4 Å². The molecule has 0 aromatic heterocycles. The van der Waals surface area contributed by atoms with Crippen molar-refractivity contribution in [2.24, 2.45) is 5.14 Å². The van der Waals surface area contributed by atoms with Crippen molar-refractivity contribution in [3.8, 4) is 0 Å². The van der Waals surface area contributed by atoms with Crippen LogP contribution in [0.15, 0.2) is 23.1 Å². The van der Waals surface area contributed by atoms with E-state index in [4.69, 9.17) is 10.9 Å². The molecule has 0 unspecified atom stereocenters. The van der Waals surface area contributed by atoms with Crippen LogP contribution in [0.1, 0.15) is 32.1 Å². The number of nitrogen functional groups attached to an aromatic ring is 1. The van der Waals surface area contributed by atoms with Crippen LogP contribution < -0.4 is 15.8 Å². The SMILES string of the molecule is CN(c1cc(N)cc(S(N)(=O)=O)c1)C1CCCCC1. The van der Waals surface area contributed by atoms with Crippen LogP contribution in [0.3, 0.4) is 0 Å². The Morgan fingerprint density at radius 1 is 1.16 bits per heavy atom. The van der Waals surface area contributed by atoms with Gasteiger partial charge in [-0.3, -0.25) is 0 Å². The molecule has 106 valence electrons. The van der Waals surface area contributed by atoms with Crippen LogP contribution in [0, 0.1) is 0 Å². The molecule has 0 bridgehead atoms. The molecule has 0 aliphatic heterocycles. The highest BCUT2D eigenvalue weighted by Gasteiger charge is 2.20. The summed E-state index contributed by atoms with van der Waals surface area (Å²) in [6, 6.07) is 5.24. The predicted octanol–water partition coefficient (Wildman–Crippen LogP) is 1.69. The Hall–Kier alpha value is -1.27. The third kappa shape index (κ3) is 3.39. The Kier molecular flexibility index (Phi) is 4.01. The van der Waals surface area contributed by atoms with Gasteiger partial charge in [-0.2, -0.15) is 0 Å². The lowest BCUT2D eigenvalue weighted by Gasteiger charge is -2.33. The summed E-state index contributed by atoms with van der Waals surface area (Å²) in [5.41, 5.74) is 7.01. The fourth-order valence-electron chi connectivity index (χ4n) is 2.65. The minimum Gasteiger partial charge on any atom is -0.399 e. The molecule has 0 heterocycles. The van der Waals surface area contributed by atoms with Crippen molar-refractivity contribution in [1.82, 2.24) is 0 Å². The first kappa shape index (κ1) is 14.1. The molecule has 0 atom stereocenters. The maximum absolute atomic E-state index is 11.4. The van der Waals surface area contributed by atoms with Gasteiger partial charge in [0.25, 0.3) is 0 Å². The molecular formula is C13H21N3O2S. The molecule has 0 amide bonds. The van der Waals surface area contributed by atoms with Crippen LogP contribution in [-0.4, -0.2) is 21.5 Å². The Bertz CT molecular complexity index is 551. The molecule has 2 rings (SSSR count). The number of hydrogen-bond donors (Lipinski definition) is 2. The van der Waals surface area contributed by atoms with Gasteiger partial charge in [-0.15, -0.1) is 0 Å². The van der Waals surface area contributed by atoms with E-state index in [2.05, 4.69) is 4.90 Å². The van der Waals surface area contributed by atoms with E-state index >= 15 is 0 Å². The molecule has 19 heavy (non-hydrogen) atoms. The maximum Gasteiger partial charge on any atom is 0.238 e. The van der Waals surface area contributed by atoms with Crippen molar-refractivity contribution in [2.75, 3.05) is 17.7 Å². The van der Waals surface area contributed by atoms with E-state index in [0.29, 0.717) is 11.7 Å². The molecule has 1 fully saturated rings. The maximum atomic E-state index is 11.4. The Balaban J connectivity index is 2.31. The van der Waals surface area contributed by atoms with Gasteiger partial charge < -0.3 is 10.6 Å². The Labute approximate surface area is 114 Å². The first-order valence-corrected chi connectivity index (χ1v) is 8.09. The molecule has 0 radical (unpaired) electrons. The lowest BCUT2D eigenvalue weighted by atomic mass is 9.94. The average Bonchev–Trinajstić information content (AvgIpc) is 2.37. The standard InChI is InChI=1S/C13H21N3O2S/c1-16(11-5-3-2-4-6-11)12-7-10(14)8-13(9-12)19(15,17)18/h7-9,11H,2-6,14H2,1H3,(H2,15,17,18). The molecule has 1 aromatic carbocycles. The van der Waals surface area contributed by atoms with Gasteiger partial charge in [-0.05, 0) is 31.0 Å². The highest BCUT2D eigenvalue weighted by atomic mass is 32.2. The molecule has 0 saturated heterocycles. The second kappa shape index (κ2) is 5.38. The quantitative estimate of drug-likeness (QED) is 0.826. The van der Waals surface area contributed by atoms with E-state index in [1.54, 1.807) is 12.1 Å². The van der Waals surface area contributed by atoms with Crippen LogP contribution in [0.25, 0.3) is 0 Å². The minimum absolute atomic E-state index is 0.0742. The lowest BCUT2D eigenvalue weighted by molar-refractivity contribution is 0.427. The summed E-state index contributed by atoms with van der Waals surface area (Å²) in [5.74, 6) is 0. The van der Waals surface area contributed by atoms with Crippen molar-refractivity contribution in [3.05, 3.63) is 18.2 Å². The zero-order valence-corrected chi connectivity index (χ0v) is 12.0. The molecule has 1 aliphatic carbocycles. The number of benzene rings is 1. The lowest BCUT2D eigenvalue weighted by Crippen LogP contribution is -2.33. The number of sulfonamides is 1. The second-order valence-corrected chi connectivity index (χ2v) is 6.77.